The molecule has 0 aliphatic carbocycles. The summed E-state index contributed by atoms with van der Waals surface area (Å²) in [5, 5.41) is 0. The van der Waals surface area contributed by atoms with Crippen molar-refractivity contribution in [1.82, 2.24) is 10.4 Å². The standard InChI is InChI=1S/C14H15N3O2/c15-17-13(10-3-2-6-16-9-10)11-4-1-5-12-14(11)19-8-7-18-12/h1-6,9,13,17H,7-8,15H2. The van der Waals surface area contributed by atoms with Crippen LogP contribution in [0.2, 0.25) is 0 Å². The van der Waals surface area contributed by atoms with Crippen molar-refractivity contribution < 1.29 is 9.47 Å². The van der Waals surface area contributed by atoms with Crippen LogP contribution in [0.4, 0.5) is 0 Å². The minimum atomic E-state index is -0.176. The van der Waals surface area contributed by atoms with Crippen LogP contribution >= 0.6 is 0 Å². The molecule has 2 aromatic rings. The summed E-state index contributed by atoms with van der Waals surface area (Å²) in [6.07, 6.45) is 3.52. The SMILES string of the molecule is NNC(c1cccnc1)c1cccc2c1OCCO2. The maximum Gasteiger partial charge on any atom is 0.166 e. The number of nitrogens with two attached hydrogens (primary N) is 1. The Morgan fingerprint density at radius 3 is 2.84 bits per heavy atom. The molecule has 0 fully saturated rings. The number of pyridine rings is 1. The Bertz CT molecular complexity index is 560. The predicted molar refractivity (Wildman–Crippen MR) is 70.8 cm³/mol. The second-order valence-electron chi connectivity index (χ2n) is 4.26. The Kier molecular flexibility index (Phi) is 3.31. The lowest BCUT2D eigenvalue weighted by Gasteiger charge is -2.25. The molecule has 0 bridgehead atoms. The highest BCUT2D eigenvalue weighted by molar-refractivity contribution is 5.51. The number of nitrogens with zero attached hydrogens (tertiary/aromatic N) is 1. The van der Waals surface area contributed by atoms with Crippen LogP contribution in [0.15, 0.2) is 42.7 Å². The molecule has 0 saturated carbocycles. The molecule has 1 unspecified atom stereocenters. The molecule has 0 radical (unpaired) electrons. The number of aromatic nitrogens is 1. The third kappa shape index (κ3) is 2.25. The molecule has 0 saturated heterocycles. The summed E-state index contributed by atoms with van der Waals surface area (Å²) in [6, 6.07) is 9.49. The quantitative estimate of drug-likeness (QED) is 0.642. The molecular formula is C14H15N3O2. The van der Waals surface area contributed by atoms with Crippen LogP contribution < -0.4 is 20.7 Å². The van der Waals surface area contributed by atoms with Crippen molar-refractivity contribution in [2.24, 2.45) is 5.84 Å². The third-order valence-electron chi connectivity index (χ3n) is 3.09. The van der Waals surface area contributed by atoms with Gasteiger partial charge in [0.25, 0.3) is 0 Å². The summed E-state index contributed by atoms with van der Waals surface area (Å²) in [7, 11) is 0. The van der Waals surface area contributed by atoms with Gasteiger partial charge in [-0.3, -0.25) is 10.8 Å². The number of rotatable bonds is 3. The first kappa shape index (κ1) is 12.0. The van der Waals surface area contributed by atoms with Crippen LogP contribution in [0, 0.1) is 0 Å². The summed E-state index contributed by atoms with van der Waals surface area (Å²) >= 11 is 0. The Labute approximate surface area is 111 Å². The van der Waals surface area contributed by atoms with Gasteiger partial charge in [0.15, 0.2) is 11.5 Å². The van der Waals surface area contributed by atoms with E-state index in [1.54, 1.807) is 12.4 Å². The number of ether oxygens (including phenoxy) is 2. The van der Waals surface area contributed by atoms with Crippen molar-refractivity contribution in [3.05, 3.63) is 53.9 Å². The first-order valence-electron chi connectivity index (χ1n) is 6.14. The number of hydrazine groups is 1. The van der Waals surface area contributed by atoms with Gasteiger partial charge in [-0.05, 0) is 17.7 Å². The Balaban J connectivity index is 2.05. The van der Waals surface area contributed by atoms with Gasteiger partial charge in [0.05, 0.1) is 6.04 Å². The van der Waals surface area contributed by atoms with Gasteiger partial charge in [-0.2, -0.15) is 0 Å². The topological polar surface area (TPSA) is 69.4 Å². The Morgan fingerprint density at radius 1 is 1.16 bits per heavy atom. The van der Waals surface area contributed by atoms with Crippen LogP contribution in [0.25, 0.3) is 0 Å². The fourth-order valence-corrected chi connectivity index (χ4v) is 2.24. The highest BCUT2D eigenvalue weighted by Gasteiger charge is 2.22. The Morgan fingerprint density at radius 2 is 2.05 bits per heavy atom. The zero-order chi connectivity index (χ0) is 13.1. The van der Waals surface area contributed by atoms with Gasteiger partial charge in [-0.25, -0.2) is 5.43 Å². The molecule has 98 valence electrons. The van der Waals surface area contributed by atoms with Crippen molar-refractivity contribution in [3.63, 3.8) is 0 Å². The molecule has 1 aliphatic heterocycles. The Hall–Kier alpha value is -2.11. The number of para-hydroxylation sites is 1. The van der Waals surface area contributed by atoms with Gasteiger partial charge in [0.2, 0.25) is 0 Å². The smallest absolute Gasteiger partial charge is 0.166 e. The van der Waals surface area contributed by atoms with E-state index in [0.717, 1.165) is 22.6 Å². The summed E-state index contributed by atoms with van der Waals surface area (Å²) in [5.74, 6) is 7.20. The second-order valence-corrected chi connectivity index (χ2v) is 4.26. The summed E-state index contributed by atoms with van der Waals surface area (Å²) in [4.78, 5) is 4.12. The number of hydrogen-bond donors (Lipinski definition) is 2. The van der Waals surface area contributed by atoms with E-state index in [4.69, 9.17) is 15.3 Å². The van der Waals surface area contributed by atoms with Gasteiger partial charge in [-0.15, -0.1) is 0 Å². The van der Waals surface area contributed by atoms with E-state index in [1.807, 2.05) is 30.3 Å². The lowest BCUT2D eigenvalue weighted by molar-refractivity contribution is 0.169. The van der Waals surface area contributed by atoms with Crippen molar-refractivity contribution in [2.75, 3.05) is 13.2 Å². The fraction of sp³-hybridized carbons (Fsp3) is 0.214. The lowest BCUT2D eigenvalue weighted by Crippen LogP contribution is -2.30. The monoisotopic (exact) mass is 257 g/mol. The van der Waals surface area contributed by atoms with E-state index >= 15 is 0 Å². The molecular weight excluding hydrogens is 242 g/mol. The molecule has 1 aliphatic rings. The number of benzene rings is 1. The van der Waals surface area contributed by atoms with E-state index < -0.39 is 0 Å². The van der Waals surface area contributed by atoms with Gasteiger partial charge >= 0.3 is 0 Å². The van der Waals surface area contributed by atoms with Crippen molar-refractivity contribution in [2.45, 2.75) is 6.04 Å². The molecule has 1 atom stereocenters. The average Bonchev–Trinajstić information content (AvgIpc) is 2.49. The zero-order valence-corrected chi connectivity index (χ0v) is 10.4. The summed E-state index contributed by atoms with van der Waals surface area (Å²) in [5.41, 5.74) is 4.74. The molecule has 3 rings (SSSR count). The normalized spacial score (nSPS) is 15.0. The molecule has 5 nitrogen and oxygen atoms in total. The molecule has 0 amide bonds. The first-order chi connectivity index (χ1) is 9.40. The van der Waals surface area contributed by atoms with Gasteiger partial charge < -0.3 is 9.47 Å². The molecule has 0 spiro atoms. The van der Waals surface area contributed by atoms with Gasteiger partial charge in [-0.1, -0.05) is 18.2 Å². The molecule has 5 heteroatoms. The molecule has 19 heavy (non-hydrogen) atoms. The highest BCUT2D eigenvalue weighted by atomic mass is 16.6. The average molecular weight is 257 g/mol. The van der Waals surface area contributed by atoms with Gasteiger partial charge in [0, 0.05) is 18.0 Å². The van der Waals surface area contributed by atoms with Crippen molar-refractivity contribution in [1.29, 1.82) is 0 Å². The fourth-order valence-electron chi connectivity index (χ4n) is 2.24. The predicted octanol–water partition coefficient (Wildman–Crippen LogP) is 1.41. The maximum absolute atomic E-state index is 5.72. The number of nitrogens with one attached hydrogen (secondary N) is 1. The second kappa shape index (κ2) is 5.26. The van der Waals surface area contributed by atoms with Crippen LogP contribution in [0.3, 0.4) is 0 Å². The van der Waals surface area contributed by atoms with E-state index in [2.05, 4.69) is 10.4 Å². The highest BCUT2D eigenvalue weighted by Crippen LogP contribution is 2.38. The first-order valence-corrected chi connectivity index (χ1v) is 6.14. The summed E-state index contributed by atoms with van der Waals surface area (Å²) < 4.78 is 11.3. The van der Waals surface area contributed by atoms with Crippen molar-refractivity contribution >= 4 is 0 Å². The van der Waals surface area contributed by atoms with Crippen LogP contribution in [-0.2, 0) is 0 Å². The molecule has 1 aromatic heterocycles. The molecule has 3 N–H and O–H groups in total. The zero-order valence-electron chi connectivity index (χ0n) is 10.4. The van der Waals surface area contributed by atoms with E-state index in [1.165, 1.54) is 0 Å². The van der Waals surface area contributed by atoms with Crippen LogP contribution in [0.5, 0.6) is 11.5 Å². The van der Waals surface area contributed by atoms with Crippen LogP contribution in [-0.4, -0.2) is 18.2 Å². The maximum atomic E-state index is 5.72. The molecule has 2 heterocycles. The number of hydrogen-bond acceptors (Lipinski definition) is 5. The minimum absolute atomic E-state index is 0.176. The van der Waals surface area contributed by atoms with Crippen LogP contribution in [0.1, 0.15) is 17.2 Å². The molecule has 1 aromatic carbocycles. The number of fused-ring (bicyclic) bond motifs is 1. The third-order valence-corrected chi connectivity index (χ3v) is 3.09. The lowest BCUT2D eigenvalue weighted by atomic mass is 9.99. The largest absolute Gasteiger partial charge is 0.486 e. The van der Waals surface area contributed by atoms with Crippen molar-refractivity contribution in [3.8, 4) is 11.5 Å². The van der Waals surface area contributed by atoms with Gasteiger partial charge in [0.1, 0.15) is 13.2 Å². The minimum Gasteiger partial charge on any atom is -0.486 e. The van der Waals surface area contributed by atoms with E-state index in [0.29, 0.717) is 13.2 Å². The van der Waals surface area contributed by atoms with E-state index in [-0.39, 0.29) is 6.04 Å². The summed E-state index contributed by atoms with van der Waals surface area (Å²) in [6.45, 7) is 1.12. The van der Waals surface area contributed by atoms with E-state index in [9.17, 15) is 0 Å².